The quantitative estimate of drug-likeness (QED) is 0.744. The van der Waals surface area contributed by atoms with E-state index >= 15 is 0 Å². The van der Waals surface area contributed by atoms with Crippen LogP contribution in [0.15, 0.2) is 24.8 Å². The molecule has 0 amide bonds. The summed E-state index contributed by atoms with van der Waals surface area (Å²) < 4.78 is 0. The smallest absolute Gasteiger partial charge is 0.158 e. The number of nitrogens with two attached hydrogens (primary N) is 1. The molecule has 0 saturated carbocycles. The van der Waals surface area contributed by atoms with Gasteiger partial charge in [-0.2, -0.15) is 5.26 Å². The molecular weight excluding hydrogens is 206 g/mol. The maximum absolute atomic E-state index is 8.54. The Bertz CT molecular complexity index is 528. The first kappa shape index (κ1) is 9.79. The molecule has 0 bridgehead atoms. The molecule has 2 aromatic rings. The Labute approximate surface area is 91.0 Å². The number of aromatic nitrogens is 4. The van der Waals surface area contributed by atoms with Crippen LogP contribution >= 0.6 is 0 Å². The summed E-state index contributed by atoms with van der Waals surface area (Å²) in [4.78, 5) is 15.5. The van der Waals surface area contributed by atoms with Crippen molar-refractivity contribution in [2.75, 3.05) is 11.1 Å². The second-order valence-electron chi connectivity index (χ2n) is 2.85. The Balaban J connectivity index is 2.18. The van der Waals surface area contributed by atoms with Crippen molar-refractivity contribution in [3.8, 4) is 6.07 Å². The fraction of sp³-hybridized carbons (Fsp3) is 0. The van der Waals surface area contributed by atoms with Crippen LogP contribution in [0.25, 0.3) is 0 Å². The third kappa shape index (κ3) is 2.19. The van der Waals surface area contributed by atoms with Crippen LogP contribution < -0.4 is 11.1 Å². The molecule has 7 heteroatoms. The number of nitrogen functional groups attached to an aromatic ring is 1. The molecule has 0 unspecified atom stereocenters. The molecule has 0 aromatic carbocycles. The molecule has 0 radical (unpaired) electrons. The van der Waals surface area contributed by atoms with Gasteiger partial charge in [-0.15, -0.1) is 0 Å². The molecule has 2 rings (SSSR count). The van der Waals surface area contributed by atoms with Crippen LogP contribution in [0.2, 0.25) is 0 Å². The van der Waals surface area contributed by atoms with E-state index in [0.717, 1.165) is 0 Å². The first-order valence-corrected chi connectivity index (χ1v) is 4.34. The minimum absolute atomic E-state index is 0.257. The van der Waals surface area contributed by atoms with Crippen molar-refractivity contribution in [2.24, 2.45) is 0 Å². The highest BCUT2D eigenvalue weighted by Gasteiger charge is 1.99. The van der Waals surface area contributed by atoms with Gasteiger partial charge in [0.1, 0.15) is 29.9 Å². The number of nitrogens with one attached hydrogen (secondary N) is 1. The standard InChI is InChI=1S/C9H7N7/c10-2-6-3-13-9(4-12-6)16-8-1-7(11)14-5-15-8/h1,3-5H,(H3,11,13,14,15,16). The van der Waals surface area contributed by atoms with Crippen LogP contribution in [0.5, 0.6) is 0 Å². The van der Waals surface area contributed by atoms with Crippen LogP contribution in [-0.4, -0.2) is 19.9 Å². The predicted molar refractivity (Wildman–Crippen MR) is 56.5 cm³/mol. The van der Waals surface area contributed by atoms with E-state index in [2.05, 4.69) is 25.3 Å². The van der Waals surface area contributed by atoms with E-state index in [1.165, 1.54) is 18.7 Å². The molecule has 0 aliphatic rings. The largest absolute Gasteiger partial charge is 0.384 e. The molecule has 2 heterocycles. The Kier molecular flexibility index (Phi) is 2.56. The molecule has 0 aliphatic carbocycles. The van der Waals surface area contributed by atoms with Gasteiger partial charge in [-0.3, -0.25) is 0 Å². The summed E-state index contributed by atoms with van der Waals surface area (Å²) in [6.07, 6.45) is 4.15. The normalized spacial score (nSPS) is 9.44. The molecule has 0 aliphatic heterocycles. The minimum Gasteiger partial charge on any atom is -0.384 e. The van der Waals surface area contributed by atoms with Gasteiger partial charge in [0, 0.05) is 6.07 Å². The van der Waals surface area contributed by atoms with Gasteiger partial charge in [0.25, 0.3) is 0 Å². The second-order valence-corrected chi connectivity index (χ2v) is 2.85. The maximum Gasteiger partial charge on any atom is 0.158 e. The molecular formula is C9H7N7. The van der Waals surface area contributed by atoms with Gasteiger partial charge >= 0.3 is 0 Å². The average molecular weight is 213 g/mol. The van der Waals surface area contributed by atoms with Crippen LogP contribution in [0.3, 0.4) is 0 Å². The number of nitriles is 1. The highest BCUT2D eigenvalue weighted by atomic mass is 15.1. The zero-order valence-corrected chi connectivity index (χ0v) is 8.12. The number of hydrogen-bond donors (Lipinski definition) is 2. The molecule has 0 saturated heterocycles. The molecule has 7 nitrogen and oxygen atoms in total. The SMILES string of the molecule is N#Cc1cnc(Nc2cc(N)ncn2)cn1. The van der Waals surface area contributed by atoms with Gasteiger partial charge in [-0.1, -0.05) is 0 Å². The second kappa shape index (κ2) is 4.18. The summed E-state index contributed by atoms with van der Waals surface area (Å²) in [5, 5.41) is 11.4. The molecule has 78 valence electrons. The minimum atomic E-state index is 0.257. The average Bonchev–Trinajstić information content (AvgIpc) is 2.30. The van der Waals surface area contributed by atoms with Crippen LogP contribution in [0.4, 0.5) is 17.5 Å². The predicted octanol–water partition coefficient (Wildman–Crippen LogP) is 0.464. The molecule has 2 aromatic heterocycles. The highest BCUT2D eigenvalue weighted by molar-refractivity contribution is 5.53. The van der Waals surface area contributed by atoms with Crippen LogP contribution in [0, 0.1) is 11.3 Å². The topological polar surface area (TPSA) is 113 Å². The van der Waals surface area contributed by atoms with Crippen LogP contribution in [-0.2, 0) is 0 Å². The van der Waals surface area contributed by atoms with Crippen molar-refractivity contribution in [1.29, 1.82) is 5.26 Å². The summed E-state index contributed by atoms with van der Waals surface area (Å²) >= 11 is 0. The van der Waals surface area contributed by atoms with E-state index in [1.807, 2.05) is 6.07 Å². The van der Waals surface area contributed by atoms with Crippen molar-refractivity contribution in [2.45, 2.75) is 0 Å². The van der Waals surface area contributed by atoms with Crippen molar-refractivity contribution >= 4 is 17.5 Å². The van der Waals surface area contributed by atoms with Gasteiger partial charge in [0.05, 0.1) is 12.4 Å². The van der Waals surface area contributed by atoms with Gasteiger partial charge in [-0.25, -0.2) is 19.9 Å². The Morgan fingerprint density at radius 1 is 1.12 bits per heavy atom. The number of anilines is 3. The Hall–Kier alpha value is -2.75. The summed E-state index contributed by atoms with van der Waals surface area (Å²) in [6.45, 7) is 0. The summed E-state index contributed by atoms with van der Waals surface area (Å²) in [5.41, 5.74) is 5.74. The van der Waals surface area contributed by atoms with E-state index in [1.54, 1.807) is 6.07 Å². The Morgan fingerprint density at radius 2 is 2.00 bits per heavy atom. The first-order chi connectivity index (χ1) is 7.78. The lowest BCUT2D eigenvalue weighted by Crippen LogP contribution is -1.99. The zero-order chi connectivity index (χ0) is 11.4. The fourth-order valence-electron chi connectivity index (χ4n) is 1.02. The van der Waals surface area contributed by atoms with E-state index < -0.39 is 0 Å². The lowest BCUT2D eigenvalue weighted by atomic mass is 10.5. The van der Waals surface area contributed by atoms with Crippen molar-refractivity contribution in [1.82, 2.24) is 19.9 Å². The summed E-state index contributed by atoms with van der Waals surface area (Å²) in [5.74, 6) is 1.36. The zero-order valence-electron chi connectivity index (χ0n) is 8.12. The van der Waals surface area contributed by atoms with E-state index in [9.17, 15) is 0 Å². The molecule has 0 atom stereocenters. The van der Waals surface area contributed by atoms with Gasteiger partial charge < -0.3 is 11.1 Å². The maximum atomic E-state index is 8.54. The number of rotatable bonds is 2. The molecule has 3 N–H and O–H groups in total. The molecule has 0 spiro atoms. The lowest BCUT2D eigenvalue weighted by molar-refractivity contribution is 1.13. The molecule has 0 fully saturated rings. The van der Waals surface area contributed by atoms with Crippen LogP contribution in [0.1, 0.15) is 5.69 Å². The monoisotopic (exact) mass is 213 g/mol. The van der Waals surface area contributed by atoms with Crippen molar-refractivity contribution < 1.29 is 0 Å². The Morgan fingerprint density at radius 3 is 2.62 bits per heavy atom. The van der Waals surface area contributed by atoms with Crippen molar-refractivity contribution in [3.63, 3.8) is 0 Å². The highest BCUT2D eigenvalue weighted by Crippen LogP contribution is 2.11. The summed E-state index contributed by atoms with van der Waals surface area (Å²) in [7, 11) is 0. The van der Waals surface area contributed by atoms with Gasteiger partial charge in [-0.05, 0) is 0 Å². The van der Waals surface area contributed by atoms with Gasteiger partial charge in [0.15, 0.2) is 5.69 Å². The number of hydrogen-bond acceptors (Lipinski definition) is 7. The van der Waals surface area contributed by atoms with E-state index in [-0.39, 0.29) is 5.69 Å². The third-order valence-corrected chi connectivity index (χ3v) is 1.71. The third-order valence-electron chi connectivity index (χ3n) is 1.71. The lowest BCUT2D eigenvalue weighted by Gasteiger charge is -2.03. The first-order valence-electron chi connectivity index (χ1n) is 4.34. The molecule has 16 heavy (non-hydrogen) atoms. The van der Waals surface area contributed by atoms with E-state index in [4.69, 9.17) is 11.0 Å². The van der Waals surface area contributed by atoms with E-state index in [0.29, 0.717) is 17.5 Å². The van der Waals surface area contributed by atoms with Crippen molar-refractivity contribution in [3.05, 3.63) is 30.5 Å². The summed E-state index contributed by atoms with van der Waals surface area (Å²) in [6, 6.07) is 3.45. The van der Waals surface area contributed by atoms with Gasteiger partial charge in [0.2, 0.25) is 0 Å². The number of nitrogens with zero attached hydrogens (tertiary/aromatic N) is 5. The fourth-order valence-corrected chi connectivity index (χ4v) is 1.02.